The van der Waals surface area contributed by atoms with Crippen LogP contribution in [0.4, 0.5) is 0 Å². The fourth-order valence-corrected chi connectivity index (χ4v) is 2.30. The molecule has 86 valence electrons. The second-order valence-electron chi connectivity index (χ2n) is 4.73. The molecule has 1 aromatic carbocycles. The average molecular weight is 227 g/mol. The lowest BCUT2D eigenvalue weighted by molar-refractivity contribution is 0.556. The lowest BCUT2D eigenvalue weighted by Gasteiger charge is -2.07. The Labute approximate surface area is 99.1 Å². The van der Waals surface area contributed by atoms with E-state index in [1.54, 1.807) is 6.08 Å². The summed E-state index contributed by atoms with van der Waals surface area (Å²) < 4.78 is 5.64. The monoisotopic (exact) mass is 227 g/mol. The minimum atomic E-state index is -0.298. The van der Waals surface area contributed by atoms with E-state index in [0.29, 0.717) is 0 Å². The number of carbonyl (C=O) groups excluding carboxylic acids is 1. The van der Waals surface area contributed by atoms with Crippen LogP contribution in [-0.4, -0.2) is 6.08 Å². The number of hydrogen-bond donors (Lipinski definition) is 0. The van der Waals surface area contributed by atoms with E-state index < -0.39 is 0 Å². The van der Waals surface area contributed by atoms with E-state index >= 15 is 0 Å². The van der Waals surface area contributed by atoms with Crippen LogP contribution in [0, 0.1) is 13.8 Å². The van der Waals surface area contributed by atoms with Crippen LogP contribution in [-0.2, 0) is 10.3 Å². The van der Waals surface area contributed by atoms with E-state index in [0.717, 1.165) is 40.7 Å². The highest BCUT2D eigenvalue weighted by Gasteiger charge is 2.44. The Morgan fingerprint density at radius 2 is 2.12 bits per heavy atom. The van der Waals surface area contributed by atoms with Crippen molar-refractivity contribution < 1.29 is 9.21 Å². The highest BCUT2D eigenvalue weighted by molar-refractivity contribution is 5.83. The zero-order valence-electron chi connectivity index (χ0n) is 9.91. The standard InChI is InChI=1S/C14H13NO2/c1-9-10(2)17-13-4-3-11(7-12(9)13)14(5-6-14)15-8-16/h3-4,7H,5-6H2,1-2H3. The lowest BCUT2D eigenvalue weighted by Crippen LogP contribution is -2.01. The van der Waals surface area contributed by atoms with Crippen molar-refractivity contribution in [3.63, 3.8) is 0 Å². The molecule has 1 heterocycles. The maximum absolute atomic E-state index is 10.5. The van der Waals surface area contributed by atoms with Crippen LogP contribution in [0.3, 0.4) is 0 Å². The van der Waals surface area contributed by atoms with E-state index in [1.807, 2.05) is 26.0 Å². The largest absolute Gasteiger partial charge is 0.461 e. The summed E-state index contributed by atoms with van der Waals surface area (Å²) >= 11 is 0. The third kappa shape index (κ3) is 1.43. The Bertz CT molecular complexity index is 644. The fourth-order valence-electron chi connectivity index (χ4n) is 2.30. The van der Waals surface area contributed by atoms with Gasteiger partial charge in [-0.1, -0.05) is 6.07 Å². The van der Waals surface area contributed by atoms with Gasteiger partial charge in [-0.05, 0) is 49.9 Å². The summed E-state index contributed by atoms with van der Waals surface area (Å²) in [5.74, 6) is 0.945. The number of benzene rings is 1. The number of nitrogens with zero attached hydrogens (tertiary/aromatic N) is 1. The van der Waals surface area contributed by atoms with Crippen molar-refractivity contribution >= 4 is 17.0 Å². The predicted molar refractivity (Wildman–Crippen MR) is 64.7 cm³/mol. The van der Waals surface area contributed by atoms with E-state index in [2.05, 4.69) is 11.1 Å². The van der Waals surface area contributed by atoms with Crippen molar-refractivity contribution in [3.8, 4) is 0 Å². The fraction of sp³-hybridized carbons (Fsp3) is 0.357. The minimum Gasteiger partial charge on any atom is -0.461 e. The first-order valence-electron chi connectivity index (χ1n) is 5.75. The van der Waals surface area contributed by atoms with Crippen LogP contribution < -0.4 is 0 Å². The van der Waals surface area contributed by atoms with Gasteiger partial charge in [0.1, 0.15) is 11.3 Å². The SMILES string of the molecule is Cc1oc2ccc(C3(N=C=O)CC3)cc2c1C. The molecule has 1 saturated carbocycles. The first kappa shape index (κ1) is 10.3. The summed E-state index contributed by atoms with van der Waals surface area (Å²) in [5.41, 5.74) is 2.85. The van der Waals surface area contributed by atoms with Gasteiger partial charge in [0.2, 0.25) is 6.08 Å². The Balaban J connectivity index is 2.20. The maximum atomic E-state index is 10.5. The second-order valence-corrected chi connectivity index (χ2v) is 4.73. The Hall–Kier alpha value is -1.86. The van der Waals surface area contributed by atoms with Crippen molar-refractivity contribution in [3.05, 3.63) is 35.1 Å². The molecule has 0 amide bonds. The molecule has 3 nitrogen and oxygen atoms in total. The number of hydrogen-bond acceptors (Lipinski definition) is 3. The highest BCUT2D eigenvalue weighted by Crippen LogP contribution is 2.49. The van der Waals surface area contributed by atoms with Crippen LogP contribution >= 0.6 is 0 Å². The van der Waals surface area contributed by atoms with Gasteiger partial charge in [-0.2, -0.15) is 4.99 Å². The minimum absolute atomic E-state index is 0.298. The molecule has 0 spiro atoms. The van der Waals surface area contributed by atoms with Gasteiger partial charge in [-0.15, -0.1) is 0 Å². The van der Waals surface area contributed by atoms with Crippen LogP contribution in [0.5, 0.6) is 0 Å². The topological polar surface area (TPSA) is 42.6 Å². The number of isocyanates is 1. The van der Waals surface area contributed by atoms with Gasteiger partial charge < -0.3 is 4.42 Å². The molecule has 1 aromatic heterocycles. The molecule has 0 atom stereocenters. The molecule has 1 aliphatic carbocycles. The van der Waals surface area contributed by atoms with Crippen molar-refractivity contribution in [2.45, 2.75) is 32.2 Å². The molecule has 17 heavy (non-hydrogen) atoms. The van der Waals surface area contributed by atoms with E-state index in [1.165, 1.54) is 0 Å². The molecule has 0 saturated heterocycles. The molecular weight excluding hydrogens is 214 g/mol. The Morgan fingerprint density at radius 3 is 2.76 bits per heavy atom. The van der Waals surface area contributed by atoms with Crippen molar-refractivity contribution in [2.75, 3.05) is 0 Å². The third-order valence-electron chi connectivity index (χ3n) is 3.70. The summed E-state index contributed by atoms with van der Waals surface area (Å²) in [7, 11) is 0. The van der Waals surface area contributed by atoms with Crippen LogP contribution in [0.1, 0.15) is 29.7 Å². The molecule has 3 heteroatoms. The molecule has 3 rings (SSSR count). The predicted octanol–water partition coefficient (Wildman–Crippen LogP) is 3.37. The quantitative estimate of drug-likeness (QED) is 0.583. The maximum Gasteiger partial charge on any atom is 0.235 e. The van der Waals surface area contributed by atoms with E-state index in [4.69, 9.17) is 4.42 Å². The molecule has 1 fully saturated rings. The summed E-state index contributed by atoms with van der Waals surface area (Å²) in [6, 6.07) is 6.05. The third-order valence-corrected chi connectivity index (χ3v) is 3.70. The Morgan fingerprint density at radius 1 is 1.35 bits per heavy atom. The zero-order chi connectivity index (χ0) is 12.0. The lowest BCUT2D eigenvalue weighted by atomic mass is 10.0. The van der Waals surface area contributed by atoms with Crippen LogP contribution in [0.25, 0.3) is 11.0 Å². The molecule has 2 aromatic rings. The second kappa shape index (κ2) is 3.31. The molecule has 0 aliphatic heterocycles. The van der Waals surface area contributed by atoms with Crippen molar-refractivity contribution in [1.82, 2.24) is 0 Å². The molecule has 0 unspecified atom stereocenters. The van der Waals surface area contributed by atoms with Gasteiger partial charge >= 0.3 is 0 Å². The number of aliphatic imine (C=N–C) groups is 1. The van der Waals surface area contributed by atoms with Gasteiger partial charge in [-0.25, -0.2) is 4.79 Å². The van der Waals surface area contributed by atoms with Gasteiger partial charge in [0, 0.05) is 5.39 Å². The number of furan rings is 1. The molecule has 0 N–H and O–H groups in total. The van der Waals surface area contributed by atoms with Gasteiger partial charge in [0.25, 0.3) is 0 Å². The zero-order valence-corrected chi connectivity index (χ0v) is 9.91. The first-order valence-corrected chi connectivity index (χ1v) is 5.75. The molecule has 0 bridgehead atoms. The number of aryl methyl sites for hydroxylation is 2. The first-order chi connectivity index (χ1) is 8.16. The smallest absolute Gasteiger partial charge is 0.235 e. The van der Waals surface area contributed by atoms with Gasteiger partial charge in [0.15, 0.2) is 0 Å². The van der Waals surface area contributed by atoms with Crippen LogP contribution in [0.2, 0.25) is 0 Å². The van der Waals surface area contributed by atoms with E-state index in [9.17, 15) is 4.79 Å². The van der Waals surface area contributed by atoms with Gasteiger partial charge in [-0.3, -0.25) is 0 Å². The average Bonchev–Trinajstić information content (AvgIpc) is 3.04. The molecular formula is C14H13NO2. The summed E-state index contributed by atoms with van der Waals surface area (Å²) in [6.45, 7) is 4.01. The van der Waals surface area contributed by atoms with Crippen molar-refractivity contribution in [1.29, 1.82) is 0 Å². The number of fused-ring (bicyclic) bond motifs is 1. The summed E-state index contributed by atoms with van der Waals surface area (Å²) in [5, 5.41) is 1.12. The summed E-state index contributed by atoms with van der Waals surface area (Å²) in [6.07, 6.45) is 3.56. The molecule has 0 radical (unpaired) electrons. The van der Waals surface area contributed by atoms with Crippen LogP contribution in [0.15, 0.2) is 27.6 Å². The summed E-state index contributed by atoms with van der Waals surface area (Å²) in [4.78, 5) is 14.4. The van der Waals surface area contributed by atoms with E-state index in [-0.39, 0.29) is 5.54 Å². The van der Waals surface area contributed by atoms with Gasteiger partial charge in [0.05, 0.1) is 5.54 Å². The molecule has 1 aliphatic rings. The normalized spacial score (nSPS) is 16.8. The number of rotatable bonds is 2. The Kier molecular flexibility index (Phi) is 2.01. The highest BCUT2D eigenvalue weighted by atomic mass is 16.3. The van der Waals surface area contributed by atoms with Crippen molar-refractivity contribution in [2.24, 2.45) is 4.99 Å².